The second-order valence-electron chi connectivity index (χ2n) is 4.85. The first-order valence-corrected chi connectivity index (χ1v) is 7.73. The van der Waals surface area contributed by atoms with E-state index in [1.807, 2.05) is 0 Å². The van der Waals surface area contributed by atoms with Gasteiger partial charge in [0.1, 0.15) is 4.90 Å². The van der Waals surface area contributed by atoms with Crippen LogP contribution in [0.3, 0.4) is 0 Å². The Bertz CT molecular complexity index is 1000. The number of rotatable bonds is 2. The van der Waals surface area contributed by atoms with Crippen LogP contribution in [0.25, 0.3) is 0 Å². The van der Waals surface area contributed by atoms with Crippen LogP contribution in [0.2, 0.25) is 0 Å². The molecule has 2 N–H and O–H groups in total. The zero-order valence-corrected chi connectivity index (χ0v) is 12.1. The molecule has 2 aromatic carbocycles. The standard InChI is InChI=1S/C15H8O7S/c16-12-7-3-1-2-4-8(7)13(17)11-9(12)5-6-10(15(18)19)14(11)23(20,21)22/h1-6H,(H,18,19)(H,20,21,22). The van der Waals surface area contributed by atoms with E-state index in [0.29, 0.717) is 0 Å². The van der Waals surface area contributed by atoms with Gasteiger partial charge in [-0.25, -0.2) is 4.79 Å². The number of carboxylic acids is 1. The molecule has 0 unspecified atom stereocenters. The van der Waals surface area contributed by atoms with Crippen molar-refractivity contribution in [2.75, 3.05) is 0 Å². The maximum Gasteiger partial charge on any atom is 0.337 e. The fourth-order valence-electron chi connectivity index (χ4n) is 2.59. The quantitative estimate of drug-likeness (QED) is 0.679. The SMILES string of the molecule is O=C1c2ccccc2C(=O)c2c1ccc(C(=O)O)c2S(=O)(=O)O. The molecule has 0 atom stereocenters. The number of fused-ring (bicyclic) bond motifs is 2. The molecule has 116 valence electrons. The molecule has 1 aliphatic rings. The molecule has 0 bridgehead atoms. The van der Waals surface area contributed by atoms with Gasteiger partial charge >= 0.3 is 5.97 Å². The first kappa shape index (κ1) is 15.1. The smallest absolute Gasteiger partial charge is 0.337 e. The Morgan fingerprint density at radius 1 is 0.870 bits per heavy atom. The number of hydrogen-bond acceptors (Lipinski definition) is 5. The van der Waals surface area contributed by atoms with E-state index in [4.69, 9.17) is 5.11 Å². The van der Waals surface area contributed by atoms with Gasteiger partial charge in [0.15, 0.2) is 11.6 Å². The van der Waals surface area contributed by atoms with Crippen molar-refractivity contribution in [1.29, 1.82) is 0 Å². The maximum atomic E-state index is 12.6. The normalized spacial score (nSPS) is 13.4. The van der Waals surface area contributed by atoms with Crippen LogP contribution >= 0.6 is 0 Å². The van der Waals surface area contributed by atoms with Crippen molar-refractivity contribution in [3.8, 4) is 0 Å². The van der Waals surface area contributed by atoms with Gasteiger partial charge in [0.25, 0.3) is 10.1 Å². The number of benzene rings is 2. The fourth-order valence-corrected chi connectivity index (χ4v) is 3.49. The van der Waals surface area contributed by atoms with E-state index >= 15 is 0 Å². The minimum atomic E-state index is -5.03. The molecule has 1 aliphatic carbocycles. The molecule has 3 rings (SSSR count). The largest absolute Gasteiger partial charge is 0.478 e. The van der Waals surface area contributed by atoms with Gasteiger partial charge in [0.05, 0.1) is 11.1 Å². The van der Waals surface area contributed by atoms with E-state index in [1.165, 1.54) is 18.2 Å². The van der Waals surface area contributed by atoms with E-state index in [9.17, 15) is 27.4 Å². The Hall–Kier alpha value is -2.84. The van der Waals surface area contributed by atoms with Crippen molar-refractivity contribution in [3.05, 3.63) is 64.2 Å². The molecule has 23 heavy (non-hydrogen) atoms. The van der Waals surface area contributed by atoms with Gasteiger partial charge < -0.3 is 5.11 Å². The highest BCUT2D eigenvalue weighted by Gasteiger charge is 2.37. The lowest BCUT2D eigenvalue weighted by Crippen LogP contribution is -2.25. The summed E-state index contributed by atoms with van der Waals surface area (Å²) in [5, 5.41) is 9.11. The number of hydrogen-bond donors (Lipinski definition) is 2. The maximum absolute atomic E-state index is 12.6. The van der Waals surface area contributed by atoms with Crippen molar-refractivity contribution >= 4 is 27.7 Å². The topological polar surface area (TPSA) is 126 Å². The van der Waals surface area contributed by atoms with Crippen LogP contribution in [-0.2, 0) is 10.1 Å². The third-order valence-corrected chi connectivity index (χ3v) is 4.47. The highest BCUT2D eigenvalue weighted by atomic mass is 32.2. The molecule has 0 saturated carbocycles. The van der Waals surface area contributed by atoms with E-state index in [-0.39, 0.29) is 16.7 Å². The van der Waals surface area contributed by atoms with Crippen LogP contribution in [0.1, 0.15) is 42.2 Å². The average molecular weight is 332 g/mol. The van der Waals surface area contributed by atoms with Crippen molar-refractivity contribution in [2.45, 2.75) is 4.90 Å². The van der Waals surface area contributed by atoms with Crippen molar-refractivity contribution in [1.82, 2.24) is 0 Å². The summed E-state index contributed by atoms with van der Waals surface area (Å²) in [6.07, 6.45) is 0. The monoisotopic (exact) mass is 332 g/mol. The van der Waals surface area contributed by atoms with Gasteiger partial charge in [-0.1, -0.05) is 24.3 Å². The number of aromatic carboxylic acids is 1. The zero-order chi connectivity index (χ0) is 16.9. The zero-order valence-electron chi connectivity index (χ0n) is 11.3. The van der Waals surface area contributed by atoms with E-state index < -0.39 is 43.7 Å². The Morgan fingerprint density at radius 2 is 1.43 bits per heavy atom. The second-order valence-corrected chi connectivity index (χ2v) is 6.21. The molecule has 8 heteroatoms. The van der Waals surface area contributed by atoms with Gasteiger partial charge in [0, 0.05) is 16.7 Å². The molecular weight excluding hydrogens is 324 g/mol. The van der Waals surface area contributed by atoms with Crippen LogP contribution in [0, 0.1) is 0 Å². The summed E-state index contributed by atoms with van der Waals surface area (Å²) >= 11 is 0. The summed E-state index contributed by atoms with van der Waals surface area (Å²) in [7, 11) is -5.03. The Balaban J connectivity index is 2.47. The average Bonchev–Trinajstić information content (AvgIpc) is 2.50. The Kier molecular flexibility index (Phi) is 3.17. The summed E-state index contributed by atoms with van der Waals surface area (Å²) in [6, 6.07) is 7.73. The van der Waals surface area contributed by atoms with Crippen LogP contribution in [-0.4, -0.2) is 35.6 Å². The van der Waals surface area contributed by atoms with Gasteiger partial charge in [-0.05, 0) is 12.1 Å². The number of carboxylic acid groups (broad SMARTS) is 1. The lowest BCUT2D eigenvalue weighted by Gasteiger charge is -2.20. The first-order chi connectivity index (χ1) is 10.7. The molecule has 0 fully saturated rings. The highest BCUT2D eigenvalue weighted by Crippen LogP contribution is 2.33. The summed E-state index contributed by atoms with van der Waals surface area (Å²) in [6.45, 7) is 0. The number of ketones is 2. The lowest BCUT2D eigenvalue weighted by molar-refractivity contribution is 0.0691. The minimum absolute atomic E-state index is 0.0440. The molecule has 0 saturated heterocycles. The molecule has 0 amide bonds. The lowest BCUT2D eigenvalue weighted by atomic mass is 9.83. The first-order valence-electron chi connectivity index (χ1n) is 6.29. The Morgan fingerprint density at radius 3 is 1.96 bits per heavy atom. The second kappa shape index (κ2) is 4.83. The van der Waals surface area contributed by atoms with Gasteiger partial charge in [-0.3, -0.25) is 14.1 Å². The van der Waals surface area contributed by atoms with Crippen LogP contribution in [0.15, 0.2) is 41.3 Å². The predicted molar refractivity (Wildman–Crippen MR) is 76.5 cm³/mol. The van der Waals surface area contributed by atoms with Crippen molar-refractivity contribution in [3.63, 3.8) is 0 Å². The minimum Gasteiger partial charge on any atom is -0.478 e. The van der Waals surface area contributed by atoms with E-state index in [1.54, 1.807) is 6.07 Å². The highest BCUT2D eigenvalue weighted by molar-refractivity contribution is 7.86. The molecule has 0 heterocycles. The molecule has 0 spiro atoms. The van der Waals surface area contributed by atoms with Crippen LogP contribution in [0.5, 0.6) is 0 Å². The fraction of sp³-hybridized carbons (Fsp3) is 0. The summed E-state index contributed by atoms with van der Waals surface area (Å²) < 4.78 is 32.6. The van der Waals surface area contributed by atoms with Gasteiger partial charge in [0.2, 0.25) is 0 Å². The summed E-state index contributed by atoms with van der Waals surface area (Å²) in [5.41, 5.74) is -1.60. The third-order valence-electron chi connectivity index (χ3n) is 3.53. The molecule has 0 aliphatic heterocycles. The summed E-state index contributed by atoms with van der Waals surface area (Å²) in [4.78, 5) is 35.2. The molecule has 2 aromatic rings. The summed E-state index contributed by atoms with van der Waals surface area (Å²) in [5.74, 6) is -3.08. The van der Waals surface area contributed by atoms with Crippen molar-refractivity contribution < 1.29 is 32.5 Å². The third kappa shape index (κ3) is 2.16. The molecule has 7 nitrogen and oxygen atoms in total. The van der Waals surface area contributed by atoms with Crippen LogP contribution in [0.4, 0.5) is 0 Å². The van der Waals surface area contributed by atoms with Gasteiger partial charge in [-0.15, -0.1) is 0 Å². The van der Waals surface area contributed by atoms with Gasteiger partial charge in [-0.2, -0.15) is 8.42 Å². The number of carbonyl (C=O) groups is 3. The van der Waals surface area contributed by atoms with Crippen molar-refractivity contribution in [2.24, 2.45) is 0 Å². The van der Waals surface area contributed by atoms with Crippen LogP contribution < -0.4 is 0 Å². The molecular formula is C15H8O7S. The number of carbonyl (C=O) groups excluding carboxylic acids is 2. The predicted octanol–water partition coefficient (Wildman–Crippen LogP) is 1.41. The molecule has 0 aromatic heterocycles. The Labute approximate surface area is 129 Å². The van der Waals surface area contributed by atoms with E-state index in [0.717, 1.165) is 12.1 Å². The molecule has 0 radical (unpaired) electrons. The van der Waals surface area contributed by atoms with E-state index in [2.05, 4.69) is 0 Å².